The van der Waals surface area contributed by atoms with Crippen LogP contribution in [0.15, 0.2) is 6.20 Å². The van der Waals surface area contributed by atoms with Gasteiger partial charge in [-0.3, -0.25) is 10.00 Å². The van der Waals surface area contributed by atoms with Crippen LogP contribution in [0.4, 0.5) is 5.82 Å². The average Bonchev–Trinajstić information content (AvgIpc) is 3.09. The van der Waals surface area contributed by atoms with Gasteiger partial charge in [-0.05, 0) is 45.7 Å². The molecule has 0 atom stereocenters. The molecule has 0 bridgehead atoms. The lowest BCUT2D eigenvalue weighted by molar-refractivity contribution is -0.0293. The van der Waals surface area contributed by atoms with Gasteiger partial charge in [0.1, 0.15) is 11.6 Å². The highest BCUT2D eigenvalue weighted by molar-refractivity contribution is 5.85. The predicted molar refractivity (Wildman–Crippen MR) is 93.1 cm³/mol. The molecule has 7 nitrogen and oxygen atoms in total. The minimum Gasteiger partial charge on any atom is -0.381 e. The Morgan fingerprint density at radius 3 is 2.79 bits per heavy atom. The van der Waals surface area contributed by atoms with Gasteiger partial charge in [0, 0.05) is 25.3 Å². The van der Waals surface area contributed by atoms with Crippen molar-refractivity contribution in [1.82, 2.24) is 25.1 Å². The van der Waals surface area contributed by atoms with Crippen molar-refractivity contribution in [2.45, 2.75) is 44.6 Å². The molecule has 2 aliphatic heterocycles. The number of nitrogens with one attached hydrogen (secondary N) is 2. The molecule has 0 saturated carbocycles. The Morgan fingerprint density at radius 1 is 1.21 bits per heavy atom. The summed E-state index contributed by atoms with van der Waals surface area (Å²) in [7, 11) is 0. The highest BCUT2D eigenvalue weighted by Gasteiger charge is 2.38. The van der Waals surface area contributed by atoms with Gasteiger partial charge < -0.3 is 10.1 Å². The summed E-state index contributed by atoms with van der Waals surface area (Å²) < 4.78 is 5.65. The number of fused-ring (bicyclic) bond motifs is 1. The molecule has 2 fully saturated rings. The third kappa shape index (κ3) is 2.98. The van der Waals surface area contributed by atoms with Crippen LogP contribution in [0.2, 0.25) is 0 Å². The third-order valence-corrected chi connectivity index (χ3v) is 5.46. The smallest absolute Gasteiger partial charge is 0.161 e. The zero-order chi connectivity index (χ0) is 16.4. The normalized spacial score (nSPS) is 21.9. The number of nitrogens with zero attached hydrogens (tertiary/aromatic N) is 4. The Kier molecular flexibility index (Phi) is 4.37. The van der Waals surface area contributed by atoms with E-state index in [-0.39, 0.29) is 5.54 Å². The number of aromatic nitrogens is 4. The molecule has 2 aliphatic rings. The summed E-state index contributed by atoms with van der Waals surface area (Å²) in [6.45, 7) is 6.91. The number of aryl methyl sites for hydroxylation is 1. The number of anilines is 1. The maximum atomic E-state index is 5.65. The number of hydrogen-bond acceptors (Lipinski definition) is 6. The minimum atomic E-state index is 0.174. The molecule has 4 heterocycles. The van der Waals surface area contributed by atoms with Crippen molar-refractivity contribution < 1.29 is 4.74 Å². The van der Waals surface area contributed by atoms with Crippen molar-refractivity contribution in [2.24, 2.45) is 0 Å². The second-order valence-electron chi connectivity index (χ2n) is 6.99. The van der Waals surface area contributed by atoms with Crippen molar-refractivity contribution in [2.75, 3.05) is 38.2 Å². The van der Waals surface area contributed by atoms with Gasteiger partial charge in [-0.25, -0.2) is 9.97 Å². The molecular weight excluding hydrogens is 304 g/mol. The van der Waals surface area contributed by atoms with E-state index in [2.05, 4.69) is 30.4 Å². The van der Waals surface area contributed by atoms with E-state index >= 15 is 0 Å². The summed E-state index contributed by atoms with van der Waals surface area (Å²) in [4.78, 5) is 11.7. The number of hydrogen-bond donors (Lipinski definition) is 2. The second kappa shape index (κ2) is 6.64. The SMILES string of the molecule is Cc1nc(NCC2(N3CCCCC3)CCOCC2)c2cn[nH]c2n1. The number of H-pyrrole nitrogens is 1. The van der Waals surface area contributed by atoms with E-state index < -0.39 is 0 Å². The highest BCUT2D eigenvalue weighted by atomic mass is 16.5. The number of rotatable bonds is 4. The van der Waals surface area contributed by atoms with Crippen LogP contribution in [0.25, 0.3) is 11.0 Å². The van der Waals surface area contributed by atoms with Crippen molar-refractivity contribution in [3.63, 3.8) is 0 Å². The molecule has 0 aromatic carbocycles. The fourth-order valence-corrected chi connectivity index (χ4v) is 4.05. The van der Waals surface area contributed by atoms with E-state index in [4.69, 9.17) is 4.74 Å². The van der Waals surface area contributed by atoms with Crippen LogP contribution in [0, 0.1) is 6.92 Å². The largest absolute Gasteiger partial charge is 0.381 e. The van der Waals surface area contributed by atoms with Gasteiger partial charge in [-0.1, -0.05) is 6.42 Å². The third-order valence-electron chi connectivity index (χ3n) is 5.46. The average molecular weight is 330 g/mol. The Balaban J connectivity index is 1.57. The van der Waals surface area contributed by atoms with E-state index in [9.17, 15) is 0 Å². The summed E-state index contributed by atoms with van der Waals surface area (Å²) in [5, 5.41) is 11.6. The molecule has 130 valence electrons. The van der Waals surface area contributed by atoms with Gasteiger partial charge in [-0.2, -0.15) is 5.10 Å². The van der Waals surface area contributed by atoms with Crippen LogP contribution < -0.4 is 5.32 Å². The highest BCUT2D eigenvalue weighted by Crippen LogP contribution is 2.31. The topological polar surface area (TPSA) is 79.0 Å². The van der Waals surface area contributed by atoms with Crippen molar-refractivity contribution in [3.8, 4) is 0 Å². The van der Waals surface area contributed by atoms with E-state index in [1.165, 1.54) is 32.4 Å². The van der Waals surface area contributed by atoms with Crippen LogP contribution in [0.5, 0.6) is 0 Å². The molecule has 24 heavy (non-hydrogen) atoms. The first-order valence-corrected chi connectivity index (χ1v) is 9.01. The van der Waals surface area contributed by atoms with Crippen LogP contribution in [-0.4, -0.2) is 63.5 Å². The molecular formula is C17H26N6O. The fraction of sp³-hybridized carbons (Fsp3) is 0.706. The van der Waals surface area contributed by atoms with E-state index in [1.807, 2.05) is 6.92 Å². The standard InChI is InChI=1S/C17H26N6O/c1-13-20-15(14-11-19-22-16(14)21-13)18-12-17(5-9-24-10-6-17)23-7-3-2-4-8-23/h11H,2-10,12H2,1H3,(H2,18,19,20,21,22). The number of likely N-dealkylation sites (tertiary alicyclic amines) is 1. The van der Waals surface area contributed by atoms with E-state index in [0.717, 1.165) is 55.3 Å². The van der Waals surface area contributed by atoms with Crippen molar-refractivity contribution in [3.05, 3.63) is 12.0 Å². The monoisotopic (exact) mass is 330 g/mol. The molecule has 4 rings (SSSR count). The Hall–Kier alpha value is -1.73. The van der Waals surface area contributed by atoms with Crippen molar-refractivity contribution >= 4 is 16.9 Å². The number of ether oxygens (including phenoxy) is 1. The first kappa shape index (κ1) is 15.8. The number of aromatic amines is 1. The lowest BCUT2D eigenvalue weighted by atomic mass is 9.86. The lowest BCUT2D eigenvalue weighted by Gasteiger charge is -2.48. The van der Waals surface area contributed by atoms with Gasteiger partial charge in [0.25, 0.3) is 0 Å². The second-order valence-corrected chi connectivity index (χ2v) is 6.99. The molecule has 2 saturated heterocycles. The Morgan fingerprint density at radius 2 is 2.00 bits per heavy atom. The Bertz CT molecular complexity index is 687. The van der Waals surface area contributed by atoms with Gasteiger partial charge in [0.05, 0.1) is 11.6 Å². The molecule has 0 unspecified atom stereocenters. The summed E-state index contributed by atoms with van der Waals surface area (Å²) >= 11 is 0. The fourth-order valence-electron chi connectivity index (χ4n) is 4.05. The zero-order valence-electron chi connectivity index (χ0n) is 14.3. The summed E-state index contributed by atoms with van der Waals surface area (Å²) in [5.41, 5.74) is 0.970. The number of piperidine rings is 1. The summed E-state index contributed by atoms with van der Waals surface area (Å²) in [5.74, 6) is 1.64. The lowest BCUT2D eigenvalue weighted by Crippen LogP contribution is -2.57. The first-order chi connectivity index (χ1) is 11.8. The van der Waals surface area contributed by atoms with Gasteiger partial charge >= 0.3 is 0 Å². The molecule has 7 heteroatoms. The molecule has 0 amide bonds. The van der Waals surface area contributed by atoms with Crippen LogP contribution in [0.1, 0.15) is 37.9 Å². The van der Waals surface area contributed by atoms with Gasteiger partial charge in [0.15, 0.2) is 5.65 Å². The van der Waals surface area contributed by atoms with Crippen LogP contribution in [-0.2, 0) is 4.74 Å². The van der Waals surface area contributed by atoms with Crippen LogP contribution in [0.3, 0.4) is 0 Å². The van der Waals surface area contributed by atoms with Crippen molar-refractivity contribution in [1.29, 1.82) is 0 Å². The first-order valence-electron chi connectivity index (χ1n) is 9.01. The summed E-state index contributed by atoms with van der Waals surface area (Å²) in [6.07, 6.45) is 7.94. The maximum Gasteiger partial charge on any atom is 0.161 e. The molecule has 2 N–H and O–H groups in total. The minimum absolute atomic E-state index is 0.174. The van der Waals surface area contributed by atoms with E-state index in [0.29, 0.717) is 0 Å². The Labute approximate surface area is 142 Å². The molecule has 0 aliphatic carbocycles. The molecule has 0 spiro atoms. The predicted octanol–water partition coefficient (Wildman–Crippen LogP) is 2.11. The molecule has 2 aromatic rings. The quantitative estimate of drug-likeness (QED) is 0.894. The van der Waals surface area contributed by atoms with Gasteiger partial charge in [0.2, 0.25) is 0 Å². The molecule has 2 aromatic heterocycles. The van der Waals surface area contributed by atoms with E-state index in [1.54, 1.807) is 6.20 Å². The molecule has 0 radical (unpaired) electrons. The van der Waals surface area contributed by atoms with Crippen LogP contribution >= 0.6 is 0 Å². The zero-order valence-corrected chi connectivity index (χ0v) is 14.3. The maximum absolute atomic E-state index is 5.65. The summed E-state index contributed by atoms with van der Waals surface area (Å²) in [6, 6.07) is 0. The van der Waals surface area contributed by atoms with Gasteiger partial charge in [-0.15, -0.1) is 0 Å².